The molecule has 0 saturated carbocycles. The van der Waals surface area contributed by atoms with Gasteiger partial charge >= 0.3 is 0 Å². The van der Waals surface area contributed by atoms with Crippen LogP contribution >= 0.6 is 0 Å². The molecule has 0 aromatic heterocycles. The Labute approximate surface area is 182 Å². The fraction of sp³-hybridized carbons (Fsp3) is 1.00. The minimum Gasteiger partial charge on any atom is -0.0654 e. The maximum Gasteiger partial charge on any atom is 0.0479 e. The Balaban J connectivity index is 3.80. The molecule has 0 unspecified atom stereocenters. The van der Waals surface area contributed by atoms with E-state index in [1.54, 1.807) is 37.4 Å². The van der Waals surface area contributed by atoms with Crippen molar-refractivity contribution in [2.75, 3.05) is 0 Å². The molecule has 0 bridgehead atoms. The molecule has 0 aromatic carbocycles. The van der Waals surface area contributed by atoms with Gasteiger partial charge in [0.2, 0.25) is 0 Å². The Morgan fingerprint density at radius 3 is 0.750 bits per heavy atom. The number of hydrogen-bond acceptors (Lipinski definition) is 0. The molecule has 28 heavy (non-hydrogen) atoms. The van der Waals surface area contributed by atoms with Crippen molar-refractivity contribution in [3.05, 3.63) is 0 Å². The van der Waals surface area contributed by atoms with Crippen molar-refractivity contribution in [2.45, 2.75) is 174 Å². The van der Waals surface area contributed by atoms with Crippen LogP contribution in [0.5, 0.6) is 0 Å². The molecule has 0 rings (SSSR count). The number of hydrogen-bond donors (Lipinski definition) is 0. The highest BCUT2D eigenvalue weighted by Crippen LogP contribution is 2.20. The van der Waals surface area contributed by atoms with Crippen LogP contribution in [0.1, 0.15) is 156 Å². The Morgan fingerprint density at radius 2 is 0.500 bits per heavy atom. The summed E-state index contributed by atoms with van der Waals surface area (Å²) in [6.45, 7) is 6.97. The van der Waals surface area contributed by atoms with Gasteiger partial charge in [-0.25, -0.2) is 0 Å². The summed E-state index contributed by atoms with van der Waals surface area (Å²) in [5, 5.41) is 0. The van der Waals surface area contributed by atoms with Gasteiger partial charge < -0.3 is 0 Å². The van der Waals surface area contributed by atoms with Gasteiger partial charge in [0.15, 0.2) is 0 Å². The number of unbranched alkanes of at least 4 members (excludes halogenated alkanes) is 18. The summed E-state index contributed by atoms with van der Waals surface area (Å²) in [5.74, 6) is 0. The van der Waals surface area contributed by atoms with Crippen LogP contribution in [0.4, 0.5) is 0 Å². The molecule has 0 aromatic rings. The average molecular weight is 410 g/mol. The molecule has 0 atom stereocenters. The zero-order valence-electron chi connectivity index (χ0n) is 20.5. The lowest BCUT2D eigenvalue weighted by Crippen LogP contribution is -2.12. The highest BCUT2D eigenvalue weighted by molar-refractivity contribution is 6.58. The molecule has 0 heterocycles. The lowest BCUT2D eigenvalue weighted by Gasteiger charge is -2.15. The highest BCUT2D eigenvalue weighted by atomic mass is 28.3. The van der Waals surface area contributed by atoms with Crippen molar-refractivity contribution < 1.29 is 0 Å². The van der Waals surface area contributed by atoms with Gasteiger partial charge in [0.25, 0.3) is 0 Å². The van der Waals surface area contributed by atoms with Crippen LogP contribution in [0.2, 0.25) is 18.1 Å². The zero-order chi connectivity index (χ0) is 20.5. The molecule has 0 saturated heterocycles. The molecule has 169 valence electrons. The standard InChI is InChI=1S/C27H57Si/c1-4-7-10-13-16-19-22-25-28(26-23-20-17-14-11-8-5-2)27-24-21-18-15-12-9-6-3/h4-27H2,1-3H3. The van der Waals surface area contributed by atoms with E-state index in [1.807, 2.05) is 0 Å². The van der Waals surface area contributed by atoms with E-state index < -0.39 is 0 Å². The second-order valence-corrected chi connectivity index (χ2v) is 12.4. The van der Waals surface area contributed by atoms with E-state index in [1.165, 1.54) is 116 Å². The van der Waals surface area contributed by atoms with Crippen molar-refractivity contribution in [1.82, 2.24) is 0 Å². The first-order valence-electron chi connectivity index (χ1n) is 13.7. The molecule has 0 aliphatic heterocycles. The van der Waals surface area contributed by atoms with Gasteiger partial charge in [0.05, 0.1) is 0 Å². The van der Waals surface area contributed by atoms with Gasteiger partial charge in [-0.15, -0.1) is 0 Å². The SMILES string of the molecule is CCCCCCCCC[Si](CCCCCCCCC)CCCCCCCCC. The van der Waals surface area contributed by atoms with E-state index in [-0.39, 0.29) is 8.80 Å². The first kappa shape index (κ1) is 28.2. The third-order valence-corrected chi connectivity index (χ3v) is 9.58. The molecule has 0 N–H and O–H groups in total. The van der Waals surface area contributed by atoms with E-state index in [9.17, 15) is 0 Å². The van der Waals surface area contributed by atoms with Gasteiger partial charge in [-0.3, -0.25) is 0 Å². The molecule has 0 fully saturated rings. The Morgan fingerprint density at radius 1 is 0.286 bits per heavy atom. The van der Waals surface area contributed by atoms with E-state index >= 15 is 0 Å². The van der Waals surface area contributed by atoms with Gasteiger partial charge in [0, 0.05) is 8.80 Å². The summed E-state index contributed by atoms with van der Waals surface area (Å²) in [5.41, 5.74) is 0. The summed E-state index contributed by atoms with van der Waals surface area (Å²) in [6.07, 6.45) is 31.1. The highest BCUT2D eigenvalue weighted by Gasteiger charge is 2.10. The molecule has 0 aliphatic carbocycles. The Kier molecular flexibility index (Phi) is 25.4. The predicted molar refractivity (Wildman–Crippen MR) is 134 cm³/mol. The van der Waals surface area contributed by atoms with Crippen LogP contribution in [0.25, 0.3) is 0 Å². The van der Waals surface area contributed by atoms with E-state index in [0.29, 0.717) is 0 Å². The van der Waals surface area contributed by atoms with Crippen LogP contribution in [0.15, 0.2) is 0 Å². The largest absolute Gasteiger partial charge is 0.0654 e. The molecular weight excluding hydrogens is 352 g/mol. The first-order valence-corrected chi connectivity index (χ1v) is 15.8. The van der Waals surface area contributed by atoms with Crippen LogP contribution in [0.3, 0.4) is 0 Å². The van der Waals surface area contributed by atoms with Gasteiger partial charge in [0.1, 0.15) is 0 Å². The lowest BCUT2D eigenvalue weighted by molar-refractivity contribution is 0.591. The molecular formula is C27H57Si. The van der Waals surface area contributed by atoms with E-state index in [2.05, 4.69) is 20.8 Å². The molecule has 0 amide bonds. The molecule has 0 spiro atoms. The fourth-order valence-electron chi connectivity index (χ4n) is 4.37. The molecule has 1 radical (unpaired) electrons. The third kappa shape index (κ3) is 22.5. The monoisotopic (exact) mass is 409 g/mol. The van der Waals surface area contributed by atoms with Crippen molar-refractivity contribution in [1.29, 1.82) is 0 Å². The fourth-order valence-corrected chi connectivity index (χ4v) is 7.37. The van der Waals surface area contributed by atoms with Crippen molar-refractivity contribution in [3.8, 4) is 0 Å². The predicted octanol–water partition coefficient (Wildman–Crippen LogP) is 10.7. The second kappa shape index (κ2) is 25.3. The van der Waals surface area contributed by atoms with Crippen molar-refractivity contribution >= 4 is 8.80 Å². The number of rotatable bonds is 24. The van der Waals surface area contributed by atoms with Crippen molar-refractivity contribution in [2.24, 2.45) is 0 Å². The van der Waals surface area contributed by atoms with Crippen LogP contribution in [-0.2, 0) is 0 Å². The minimum absolute atomic E-state index is 0.0359. The Hall–Kier alpha value is 0.217. The molecule has 1 heteroatoms. The molecule has 0 aliphatic rings. The quantitative estimate of drug-likeness (QED) is 0.110. The average Bonchev–Trinajstić information content (AvgIpc) is 2.71. The summed E-state index contributed by atoms with van der Waals surface area (Å²) in [6, 6.07) is 4.89. The normalized spacial score (nSPS) is 11.6. The van der Waals surface area contributed by atoms with Crippen LogP contribution in [0, 0.1) is 0 Å². The molecule has 0 nitrogen and oxygen atoms in total. The van der Waals surface area contributed by atoms with Crippen LogP contribution in [-0.4, -0.2) is 8.80 Å². The zero-order valence-corrected chi connectivity index (χ0v) is 21.5. The topological polar surface area (TPSA) is 0 Å². The lowest BCUT2D eigenvalue weighted by atomic mass is 10.1. The second-order valence-electron chi connectivity index (χ2n) is 9.36. The summed E-state index contributed by atoms with van der Waals surface area (Å²) >= 11 is 0. The maximum atomic E-state index is 2.32. The van der Waals surface area contributed by atoms with Gasteiger partial charge in [-0.05, 0) is 0 Å². The van der Waals surface area contributed by atoms with E-state index in [0.717, 1.165) is 0 Å². The first-order chi connectivity index (χ1) is 13.8. The van der Waals surface area contributed by atoms with E-state index in [4.69, 9.17) is 0 Å². The smallest absolute Gasteiger partial charge is 0.0479 e. The van der Waals surface area contributed by atoms with Crippen molar-refractivity contribution in [3.63, 3.8) is 0 Å². The Bertz CT molecular complexity index is 220. The van der Waals surface area contributed by atoms with Crippen LogP contribution < -0.4 is 0 Å². The summed E-state index contributed by atoms with van der Waals surface area (Å²) in [4.78, 5) is 0. The summed E-state index contributed by atoms with van der Waals surface area (Å²) in [7, 11) is -0.0359. The van der Waals surface area contributed by atoms with Gasteiger partial charge in [-0.2, -0.15) is 0 Å². The minimum atomic E-state index is -0.0359. The maximum absolute atomic E-state index is 2.32. The third-order valence-electron chi connectivity index (χ3n) is 6.40. The van der Waals surface area contributed by atoms with Gasteiger partial charge in [-0.1, -0.05) is 174 Å². The summed E-state index contributed by atoms with van der Waals surface area (Å²) < 4.78 is 0.